The Morgan fingerprint density at radius 3 is 1.91 bits per heavy atom. The van der Waals surface area contributed by atoms with Gasteiger partial charge < -0.3 is 5.73 Å². The molecule has 0 atom stereocenters. The molecule has 0 rings (SSSR count). The number of halogens is 1. The molecule has 0 aliphatic carbocycles. The van der Waals surface area contributed by atoms with Crippen LogP contribution in [0.25, 0.3) is 0 Å². The third-order valence-electron chi connectivity index (χ3n) is 0.961. The van der Waals surface area contributed by atoms with Crippen molar-refractivity contribution < 1.29 is 0 Å². The summed E-state index contributed by atoms with van der Waals surface area (Å²) in [5, 5.41) is 0.403. The van der Waals surface area contributed by atoms with E-state index in [1.54, 1.807) is 6.92 Å². The van der Waals surface area contributed by atoms with Crippen LogP contribution >= 0.6 is 11.6 Å². The highest BCUT2D eigenvalue weighted by Crippen LogP contribution is 2.12. The first-order valence-electron chi connectivity index (χ1n) is 3.37. The molecule has 0 saturated carbocycles. The van der Waals surface area contributed by atoms with E-state index in [1.165, 1.54) is 0 Å². The highest BCUT2D eigenvalue weighted by atomic mass is 35.5. The van der Waals surface area contributed by atoms with E-state index >= 15 is 0 Å². The van der Waals surface area contributed by atoms with Gasteiger partial charge in [0.05, 0.1) is 0 Å². The minimum Gasteiger partial charge on any atom is -0.383 e. The molecule has 0 heterocycles. The van der Waals surface area contributed by atoms with Crippen LogP contribution in [-0.4, -0.2) is 6.72 Å². The van der Waals surface area contributed by atoms with Crippen molar-refractivity contribution in [1.82, 2.24) is 0 Å². The SMILES string of the molecule is C=N/C(N)=C(/C)C(=C)Cl.CC. The Bertz CT molecular complexity index is 171. The topological polar surface area (TPSA) is 38.4 Å². The van der Waals surface area contributed by atoms with Crippen LogP contribution in [0.15, 0.2) is 28.0 Å². The van der Waals surface area contributed by atoms with Crippen molar-refractivity contribution >= 4 is 18.3 Å². The van der Waals surface area contributed by atoms with Gasteiger partial charge in [0.25, 0.3) is 0 Å². The van der Waals surface area contributed by atoms with Gasteiger partial charge in [0.2, 0.25) is 0 Å². The molecule has 2 N–H and O–H groups in total. The monoisotopic (exact) mass is 174 g/mol. The molecule has 0 spiro atoms. The van der Waals surface area contributed by atoms with Crippen molar-refractivity contribution in [2.24, 2.45) is 10.7 Å². The third-order valence-corrected chi connectivity index (χ3v) is 1.24. The van der Waals surface area contributed by atoms with Gasteiger partial charge in [-0.3, -0.25) is 0 Å². The minimum absolute atomic E-state index is 0.329. The van der Waals surface area contributed by atoms with Crippen molar-refractivity contribution in [2.75, 3.05) is 0 Å². The Hall–Kier alpha value is -0.760. The molecule has 0 aliphatic rings. The summed E-state index contributed by atoms with van der Waals surface area (Å²) in [6.07, 6.45) is 0. The first-order chi connectivity index (χ1) is 5.09. The van der Waals surface area contributed by atoms with Gasteiger partial charge in [-0.25, -0.2) is 4.99 Å². The largest absolute Gasteiger partial charge is 0.383 e. The minimum atomic E-state index is 0.329. The summed E-state index contributed by atoms with van der Waals surface area (Å²) >= 11 is 5.48. The first kappa shape index (κ1) is 12.9. The van der Waals surface area contributed by atoms with Gasteiger partial charge in [-0.05, 0) is 13.6 Å². The normalized spacial score (nSPS) is 10.5. The van der Waals surface area contributed by atoms with E-state index in [0.717, 1.165) is 0 Å². The van der Waals surface area contributed by atoms with Crippen molar-refractivity contribution in [3.8, 4) is 0 Å². The number of rotatable bonds is 2. The molecule has 0 saturated heterocycles. The number of nitrogens with zero attached hydrogens (tertiary/aromatic N) is 1. The van der Waals surface area contributed by atoms with Crippen LogP contribution in [0.2, 0.25) is 0 Å². The summed E-state index contributed by atoms with van der Waals surface area (Å²) in [5.74, 6) is 0.329. The number of aliphatic imine (C=N–C) groups is 1. The molecule has 64 valence electrons. The standard InChI is InChI=1S/C6H9ClN2.C2H6/c1-4(5(2)7)6(8)9-3;1-2/h2-3,8H2,1H3;1-2H3/b6-4-;. The van der Waals surface area contributed by atoms with Gasteiger partial charge in [-0.15, -0.1) is 0 Å². The van der Waals surface area contributed by atoms with E-state index < -0.39 is 0 Å². The zero-order valence-electron chi connectivity index (χ0n) is 7.32. The average molecular weight is 175 g/mol. The van der Waals surface area contributed by atoms with E-state index in [9.17, 15) is 0 Å². The van der Waals surface area contributed by atoms with Gasteiger partial charge in [0, 0.05) is 10.6 Å². The lowest BCUT2D eigenvalue weighted by Gasteiger charge is -1.97. The van der Waals surface area contributed by atoms with Crippen molar-refractivity contribution in [1.29, 1.82) is 0 Å². The molecular weight excluding hydrogens is 160 g/mol. The Kier molecular flexibility index (Phi) is 8.60. The van der Waals surface area contributed by atoms with Crippen LogP contribution in [0, 0.1) is 0 Å². The highest BCUT2D eigenvalue weighted by molar-refractivity contribution is 6.31. The maximum Gasteiger partial charge on any atom is 0.126 e. The summed E-state index contributed by atoms with van der Waals surface area (Å²) in [7, 11) is 0. The average Bonchev–Trinajstić information content (AvgIpc) is 2.05. The maximum absolute atomic E-state index is 5.48. The second kappa shape index (κ2) is 7.35. The molecule has 0 aliphatic heterocycles. The number of nitrogens with two attached hydrogens (primary N) is 1. The van der Waals surface area contributed by atoms with Gasteiger partial charge in [0.15, 0.2) is 0 Å². The Morgan fingerprint density at radius 2 is 1.82 bits per heavy atom. The fourth-order valence-electron chi connectivity index (χ4n) is 0.258. The Balaban J connectivity index is 0. The Labute approximate surface area is 73.5 Å². The first-order valence-corrected chi connectivity index (χ1v) is 3.75. The van der Waals surface area contributed by atoms with Crippen LogP contribution in [0.1, 0.15) is 20.8 Å². The van der Waals surface area contributed by atoms with Gasteiger partial charge in [0.1, 0.15) is 5.82 Å². The summed E-state index contributed by atoms with van der Waals surface area (Å²) < 4.78 is 0. The molecule has 0 unspecified atom stereocenters. The number of hydrogen-bond acceptors (Lipinski definition) is 2. The van der Waals surface area contributed by atoms with Crippen molar-refractivity contribution in [3.05, 3.63) is 23.0 Å². The molecule has 3 heteroatoms. The highest BCUT2D eigenvalue weighted by Gasteiger charge is 1.95. The zero-order chi connectivity index (χ0) is 9.44. The summed E-state index contributed by atoms with van der Waals surface area (Å²) in [6, 6.07) is 0. The number of hydrogen-bond donors (Lipinski definition) is 1. The maximum atomic E-state index is 5.48. The number of allylic oxidation sites excluding steroid dienone is 2. The van der Waals surface area contributed by atoms with E-state index in [1.807, 2.05) is 13.8 Å². The molecule has 0 bridgehead atoms. The van der Waals surface area contributed by atoms with E-state index in [0.29, 0.717) is 16.4 Å². The predicted octanol–water partition coefficient (Wildman–Crippen LogP) is 2.66. The molecule has 0 fully saturated rings. The lowest BCUT2D eigenvalue weighted by Crippen LogP contribution is -1.96. The molecule has 0 aromatic carbocycles. The van der Waals surface area contributed by atoms with Crippen LogP contribution < -0.4 is 5.73 Å². The van der Waals surface area contributed by atoms with Gasteiger partial charge in [-0.1, -0.05) is 32.0 Å². The van der Waals surface area contributed by atoms with Crippen molar-refractivity contribution in [2.45, 2.75) is 20.8 Å². The molecule has 0 aromatic rings. The molecule has 2 nitrogen and oxygen atoms in total. The predicted molar refractivity (Wildman–Crippen MR) is 52.8 cm³/mol. The van der Waals surface area contributed by atoms with E-state index in [2.05, 4.69) is 18.3 Å². The third kappa shape index (κ3) is 5.67. The Morgan fingerprint density at radius 1 is 1.45 bits per heavy atom. The lowest BCUT2D eigenvalue weighted by atomic mass is 10.3. The summed E-state index contributed by atoms with van der Waals surface area (Å²) in [5.41, 5.74) is 6.00. The molecule has 0 amide bonds. The van der Waals surface area contributed by atoms with Crippen LogP contribution in [0.4, 0.5) is 0 Å². The summed E-state index contributed by atoms with van der Waals surface area (Å²) in [4.78, 5) is 3.47. The molecule has 0 aromatic heterocycles. The zero-order valence-corrected chi connectivity index (χ0v) is 8.07. The van der Waals surface area contributed by atoms with Gasteiger partial charge in [-0.2, -0.15) is 0 Å². The molecule has 11 heavy (non-hydrogen) atoms. The fraction of sp³-hybridized carbons (Fsp3) is 0.375. The lowest BCUT2D eigenvalue weighted by molar-refractivity contribution is 1.19. The summed E-state index contributed by atoms with van der Waals surface area (Å²) in [6.45, 7) is 12.4. The van der Waals surface area contributed by atoms with E-state index in [4.69, 9.17) is 17.3 Å². The van der Waals surface area contributed by atoms with Crippen LogP contribution in [0.3, 0.4) is 0 Å². The second-order valence-electron chi connectivity index (χ2n) is 1.57. The van der Waals surface area contributed by atoms with Crippen LogP contribution in [-0.2, 0) is 0 Å². The smallest absolute Gasteiger partial charge is 0.126 e. The van der Waals surface area contributed by atoms with Crippen molar-refractivity contribution in [3.63, 3.8) is 0 Å². The van der Waals surface area contributed by atoms with Gasteiger partial charge >= 0.3 is 0 Å². The van der Waals surface area contributed by atoms with E-state index in [-0.39, 0.29) is 0 Å². The fourth-order valence-corrected chi connectivity index (χ4v) is 0.354. The molecule has 0 radical (unpaired) electrons. The van der Waals surface area contributed by atoms with Crippen LogP contribution in [0.5, 0.6) is 0 Å². The molecular formula is C8H15ClN2. The quantitative estimate of drug-likeness (QED) is 0.507. The second-order valence-corrected chi connectivity index (χ2v) is 2.03.